The minimum absolute atomic E-state index is 0.347. The van der Waals surface area contributed by atoms with Crippen molar-refractivity contribution in [1.29, 1.82) is 0 Å². The summed E-state index contributed by atoms with van der Waals surface area (Å²) in [4.78, 5) is 7.05. The van der Waals surface area contributed by atoms with Crippen LogP contribution >= 0.6 is 11.9 Å². The number of halogens is 3. The Hall–Kier alpha value is -0.830. The summed E-state index contributed by atoms with van der Waals surface area (Å²) in [6.07, 6.45) is -0.501. The van der Waals surface area contributed by atoms with Gasteiger partial charge < -0.3 is 5.11 Å². The zero-order chi connectivity index (χ0) is 19.4. The van der Waals surface area contributed by atoms with E-state index in [1.807, 2.05) is 6.92 Å². The van der Waals surface area contributed by atoms with Crippen LogP contribution in [0.5, 0.6) is 0 Å². The lowest BCUT2D eigenvalue weighted by Crippen LogP contribution is -2.72. The van der Waals surface area contributed by atoms with Crippen LogP contribution in [0.25, 0.3) is 0 Å². The predicted octanol–water partition coefficient (Wildman–Crippen LogP) is 3.73. The number of aryl methyl sites for hydroxylation is 1. The lowest BCUT2D eigenvalue weighted by atomic mass is 9.72. The van der Waals surface area contributed by atoms with Crippen LogP contribution < -0.4 is 0 Å². The van der Waals surface area contributed by atoms with Gasteiger partial charge in [0.1, 0.15) is 5.69 Å². The summed E-state index contributed by atoms with van der Waals surface area (Å²) >= 11 is 1.52. The lowest BCUT2D eigenvalue weighted by molar-refractivity contribution is -0.141. The van der Waals surface area contributed by atoms with Crippen molar-refractivity contribution >= 4 is 11.9 Å². The van der Waals surface area contributed by atoms with E-state index in [1.54, 1.807) is 6.92 Å². The van der Waals surface area contributed by atoms with Crippen molar-refractivity contribution in [2.24, 2.45) is 5.41 Å². The van der Waals surface area contributed by atoms with Gasteiger partial charge in [-0.05, 0) is 63.6 Å². The van der Waals surface area contributed by atoms with Gasteiger partial charge in [-0.15, -0.1) is 0 Å². The Morgan fingerprint density at radius 3 is 2.33 bits per heavy atom. The third-order valence-corrected chi connectivity index (χ3v) is 7.35. The minimum Gasteiger partial charge on any atom is -0.390 e. The first-order valence-corrected chi connectivity index (χ1v) is 10.3. The van der Waals surface area contributed by atoms with Crippen LogP contribution in [0.1, 0.15) is 44.0 Å². The smallest absolute Gasteiger partial charge is 0.390 e. The van der Waals surface area contributed by atoms with Gasteiger partial charge in [0, 0.05) is 42.5 Å². The van der Waals surface area contributed by atoms with Crippen LogP contribution in [-0.4, -0.2) is 57.1 Å². The van der Waals surface area contributed by atoms with Crippen LogP contribution in [0, 0.1) is 12.3 Å². The molecule has 1 N–H and O–H groups in total. The van der Waals surface area contributed by atoms with Crippen LogP contribution in [-0.2, 0) is 6.18 Å². The van der Waals surface area contributed by atoms with Crippen LogP contribution in [0.2, 0.25) is 0 Å². The molecule has 4 rings (SSSR count). The maximum atomic E-state index is 12.7. The van der Waals surface area contributed by atoms with Gasteiger partial charge in [0.2, 0.25) is 0 Å². The number of aromatic nitrogens is 1. The average molecular weight is 401 g/mol. The van der Waals surface area contributed by atoms with Crippen molar-refractivity contribution in [3.05, 3.63) is 23.5 Å². The van der Waals surface area contributed by atoms with Gasteiger partial charge in [-0.25, -0.2) is 9.29 Å². The fourth-order valence-electron chi connectivity index (χ4n) is 4.57. The molecule has 150 valence electrons. The molecule has 0 radical (unpaired) electrons. The monoisotopic (exact) mass is 401 g/mol. The molecule has 1 aromatic rings. The quantitative estimate of drug-likeness (QED) is 0.782. The molecule has 2 saturated heterocycles. The fourth-order valence-corrected chi connectivity index (χ4v) is 5.83. The number of pyridine rings is 1. The molecule has 4 nitrogen and oxygen atoms in total. The SMILES string of the molecule is Cc1nc(C(F)(F)F)ccc1SN1CC2(C1)CN(C1CCC(C)(O)CC1)C2. The van der Waals surface area contributed by atoms with Gasteiger partial charge >= 0.3 is 6.18 Å². The first-order chi connectivity index (χ1) is 12.6. The van der Waals surface area contributed by atoms with Crippen molar-refractivity contribution < 1.29 is 18.3 Å². The van der Waals surface area contributed by atoms with Crippen molar-refractivity contribution in [3.8, 4) is 0 Å². The Bertz CT molecular complexity index is 701. The van der Waals surface area contributed by atoms with Crippen molar-refractivity contribution in [3.63, 3.8) is 0 Å². The Balaban J connectivity index is 1.25. The van der Waals surface area contributed by atoms with Crippen LogP contribution in [0.15, 0.2) is 17.0 Å². The molecule has 1 saturated carbocycles. The summed E-state index contributed by atoms with van der Waals surface area (Å²) in [5.74, 6) is 0. The normalized spacial score (nSPS) is 31.6. The lowest BCUT2D eigenvalue weighted by Gasteiger charge is -2.62. The van der Waals surface area contributed by atoms with E-state index in [0.717, 1.165) is 62.8 Å². The number of nitrogens with zero attached hydrogens (tertiary/aromatic N) is 3. The van der Waals surface area contributed by atoms with Crippen molar-refractivity contribution in [2.75, 3.05) is 26.2 Å². The Morgan fingerprint density at radius 1 is 1.15 bits per heavy atom. The summed E-state index contributed by atoms with van der Waals surface area (Å²) < 4.78 is 40.4. The molecule has 0 unspecified atom stereocenters. The highest BCUT2D eigenvalue weighted by molar-refractivity contribution is 7.97. The zero-order valence-corrected chi connectivity index (χ0v) is 16.5. The summed E-state index contributed by atoms with van der Waals surface area (Å²) in [6.45, 7) is 7.70. The number of hydrogen-bond acceptors (Lipinski definition) is 5. The van der Waals surface area contributed by atoms with Crippen molar-refractivity contribution in [1.82, 2.24) is 14.2 Å². The van der Waals surface area contributed by atoms with E-state index >= 15 is 0 Å². The molecule has 0 atom stereocenters. The van der Waals surface area contributed by atoms with E-state index in [2.05, 4.69) is 14.2 Å². The molecule has 0 bridgehead atoms. The maximum Gasteiger partial charge on any atom is 0.433 e. The van der Waals surface area contributed by atoms with Gasteiger partial charge in [-0.2, -0.15) is 13.2 Å². The maximum absolute atomic E-state index is 12.7. The molecule has 1 aliphatic carbocycles. The number of rotatable bonds is 3. The summed E-state index contributed by atoms with van der Waals surface area (Å²) in [7, 11) is 0. The van der Waals surface area contributed by atoms with E-state index in [0.29, 0.717) is 17.2 Å². The summed E-state index contributed by atoms with van der Waals surface area (Å²) in [5.41, 5.74) is -0.540. The van der Waals surface area contributed by atoms with Gasteiger partial charge in [-0.3, -0.25) is 4.90 Å². The van der Waals surface area contributed by atoms with Crippen LogP contribution in [0.4, 0.5) is 13.2 Å². The molecule has 1 spiro atoms. The molecule has 3 aliphatic rings. The number of likely N-dealkylation sites (tertiary alicyclic amines) is 1. The van der Waals surface area contributed by atoms with Gasteiger partial charge in [0.15, 0.2) is 0 Å². The van der Waals surface area contributed by atoms with E-state index in [-0.39, 0.29) is 0 Å². The molecule has 0 aromatic carbocycles. The standard InChI is InChI=1S/C19H26F3N3OS/c1-13-15(3-4-16(23-13)19(20,21)22)27-25-11-18(12-25)9-24(10-18)14-5-7-17(2,26)8-6-14/h3-4,14,26H,5-12H2,1-2H3. The number of alkyl halides is 3. The molecule has 27 heavy (non-hydrogen) atoms. The zero-order valence-electron chi connectivity index (χ0n) is 15.7. The highest BCUT2D eigenvalue weighted by Gasteiger charge is 2.53. The van der Waals surface area contributed by atoms with E-state index < -0.39 is 17.5 Å². The molecule has 2 aliphatic heterocycles. The van der Waals surface area contributed by atoms with E-state index in [1.165, 1.54) is 18.0 Å². The Kier molecular flexibility index (Phi) is 4.77. The van der Waals surface area contributed by atoms with Gasteiger partial charge in [0.25, 0.3) is 0 Å². The third kappa shape index (κ3) is 3.99. The van der Waals surface area contributed by atoms with E-state index in [9.17, 15) is 18.3 Å². The summed E-state index contributed by atoms with van der Waals surface area (Å²) in [5, 5.41) is 10.1. The average Bonchev–Trinajstić information content (AvgIpc) is 2.49. The second-order valence-corrected chi connectivity index (χ2v) is 9.94. The van der Waals surface area contributed by atoms with Crippen LogP contribution in [0.3, 0.4) is 0 Å². The molecule has 3 fully saturated rings. The second kappa shape index (κ2) is 6.61. The Morgan fingerprint density at radius 2 is 1.78 bits per heavy atom. The van der Waals surface area contributed by atoms with Gasteiger partial charge in [-0.1, -0.05) is 0 Å². The molecule has 3 heterocycles. The van der Waals surface area contributed by atoms with Gasteiger partial charge in [0.05, 0.1) is 11.3 Å². The first-order valence-electron chi connectivity index (χ1n) is 9.50. The topological polar surface area (TPSA) is 39.6 Å². The largest absolute Gasteiger partial charge is 0.433 e. The molecular weight excluding hydrogens is 375 g/mol. The Labute approximate surface area is 162 Å². The third-order valence-electron chi connectivity index (χ3n) is 6.20. The second-order valence-electron chi connectivity index (χ2n) is 8.80. The predicted molar refractivity (Wildman–Crippen MR) is 98.3 cm³/mol. The summed E-state index contributed by atoms with van der Waals surface area (Å²) in [6, 6.07) is 3.19. The van der Waals surface area contributed by atoms with Crippen molar-refractivity contribution in [2.45, 2.75) is 62.2 Å². The highest BCUT2D eigenvalue weighted by atomic mass is 32.2. The molecular formula is C19H26F3N3OS. The fraction of sp³-hybridized carbons (Fsp3) is 0.737. The molecule has 0 amide bonds. The van der Waals surface area contributed by atoms with E-state index in [4.69, 9.17) is 0 Å². The highest BCUT2D eigenvalue weighted by Crippen LogP contribution is 2.47. The molecule has 1 aromatic heterocycles. The minimum atomic E-state index is -4.39. The number of hydrogen-bond donors (Lipinski definition) is 1. The molecule has 8 heteroatoms. The number of aliphatic hydroxyl groups is 1. The first kappa shape index (κ1) is 19.5.